The molecule has 0 amide bonds. The molecule has 0 spiro atoms. The summed E-state index contributed by atoms with van der Waals surface area (Å²) < 4.78 is 5.56. The zero-order valence-electron chi connectivity index (χ0n) is 8.32. The molecular formula is C11H15NOS. The summed E-state index contributed by atoms with van der Waals surface area (Å²) in [6, 6.07) is 2.04. The third-order valence-corrected chi connectivity index (χ3v) is 3.56. The Morgan fingerprint density at radius 1 is 1.57 bits per heavy atom. The molecule has 1 aromatic heterocycles. The molecule has 0 radical (unpaired) electrons. The van der Waals surface area contributed by atoms with E-state index in [1.165, 1.54) is 10.4 Å². The molecule has 1 aromatic rings. The van der Waals surface area contributed by atoms with Crippen molar-refractivity contribution in [3.05, 3.63) is 33.7 Å². The molecule has 2 nitrogen and oxygen atoms in total. The Morgan fingerprint density at radius 2 is 2.43 bits per heavy atom. The van der Waals surface area contributed by atoms with E-state index in [9.17, 15) is 0 Å². The lowest BCUT2D eigenvalue weighted by Gasteiger charge is -2.20. The van der Waals surface area contributed by atoms with Crippen molar-refractivity contribution in [2.24, 2.45) is 5.73 Å². The molecule has 14 heavy (non-hydrogen) atoms. The van der Waals surface area contributed by atoms with Crippen LogP contribution >= 0.6 is 11.3 Å². The van der Waals surface area contributed by atoms with Gasteiger partial charge in [0.25, 0.3) is 0 Å². The van der Waals surface area contributed by atoms with Gasteiger partial charge in [0.1, 0.15) is 5.76 Å². The van der Waals surface area contributed by atoms with Gasteiger partial charge in [-0.3, -0.25) is 0 Å². The minimum absolute atomic E-state index is 0.0599. The number of hydrogen-bond donors (Lipinski definition) is 1. The highest BCUT2D eigenvalue weighted by atomic mass is 32.1. The molecule has 0 bridgehead atoms. The first-order valence-corrected chi connectivity index (χ1v) is 5.79. The monoisotopic (exact) mass is 209 g/mol. The standard InChI is InChI=1S/C11H15NOS/c1-8-5-7-14-11(8)10(12)9-4-2-3-6-13-9/h4-5,7,10H,2-3,6,12H2,1H3. The van der Waals surface area contributed by atoms with Crippen LogP contribution < -0.4 is 5.73 Å². The summed E-state index contributed by atoms with van der Waals surface area (Å²) in [7, 11) is 0. The van der Waals surface area contributed by atoms with Crippen LogP contribution in [0, 0.1) is 6.92 Å². The maximum Gasteiger partial charge on any atom is 0.114 e. The third kappa shape index (κ3) is 1.83. The van der Waals surface area contributed by atoms with Crippen molar-refractivity contribution in [1.29, 1.82) is 0 Å². The van der Waals surface area contributed by atoms with Crippen LogP contribution in [-0.2, 0) is 4.74 Å². The Kier molecular flexibility index (Phi) is 2.89. The van der Waals surface area contributed by atoms with Crippen LogP contribution in [0.25, 0.3) is 0 Å². The summed E-state index contributed by atoms with van der Waals surface area (Å²) in [4.78, 5) is 1.22. The third-order valence-electron chi connectivity index (χ3n) is 2.45. The zero-order chi connectivity index (χ0) is 9.97. The molecule has 2 rings (SSSR count). The topological polar surface area (TPSA) is 35.2 Å². The van der Waals surface area contributed by atoms with Crippen LogP contribution in [0.5, 0.6) is 0 Å². The smallest absolute Gasteiger partial charge is 0.114 e. The number of ether oxygens (including phenoxy) is 1. The highest BCUT2D eigenvalue weighted by molar-refractivity contribution is 7.10. The van der Waals surface area contributed by atoms with Crippen LogP contribution in [0.4, 0.5) is 0 Å². The summed E-state index contributed by atoms with van der Waals surface area (Å²) in [6.45, 7) is 2.90. The predicted molar refractivity (Wildman–Crippen MR) is 59.3 cm³/mol. The number of hydrogen-bond acceptors (Lipinski definition) is 3. The first-order valence-electron chi connectivity index (χ1n) is 4.91. The average Bonchev–Trinajstić information content (AvgIpc) is 2.65. The van der Waals surface area contributed by atoms with Gasteiger partial charge in [0, 0.05) is 4.88 Å². The molecule has 1 unspecified atom stereocenters. The Bertz CT molecular complexity index is 343. The van der Waals surface area contributed by atoms with Crippen LogP contribution in [0.1, 0.15) is 29.3 Å². The van der Waals surface area contributed by atoms with E-state index >= 15 is 0 Å². The van der Waals surface area contributed by atoms with Crippen molar-refractivity contribution in [3.63, 3.8) is 0 Å². The fraction of sp³-hybridized carbons (Fsp3) is 0.455. The summed E-state index contributed by atoms with van der Waals surface area (Å²) in [5.41, 5.74) is 7.39. The number of nitrogens with two attached hydrogens (primary N) is 1. The second-order valence-electron chi connectivity index (χ2n) is 3.54. The van der Waals surface area contributed by atoms with Gasteiger partial charge in [-0.25, -0.2) is 0 Å². The number of allylic oxidation sites excluding steroid dienone is 1. The lowest BCUT2D eigenvalue weighted by atomic mass is 10.1. The minimum Gasteiger partial charge on any atom is -0.496 e. The lowest BCUT2D eigenvalue weighted by Crippen LogP contribution is -2.17. The first-order chi connectivity index (χ1) is 6.79. The van der Waals surface area contributed by atoms with Crippen molar-refractivity contribution in [1.82, 2.24) is 0 Å². The Hall–Kier alpha value is -0.800. The van der Waals surface area contributed by atoms with Gasteiger partial charge in [-0.1, -0.05) is 0 Å². The van der Waals surface area contributed by atoms with E-state index in [1.54, 1.807) is 11.3 Å². The molecule has 1 aliphatic heterocycles. The van der Waals surface area contributed by atoms with E-state index < -0.39 is 0 Å². The van der Waals surface area contributed by atoms with Gasteiger partial charge in [-0.2, -0.15) is 0 Å². The van der Waals surface area contributed by atoms with E-state index in [2.05, 4.69) is 24.4 Å². The second kappa shape index (κ2) is 4.15. The SMILES string of the molecule is Cc1ccsc1C(N)C1=CCCCO1. The quantitative estimate of drug-likeness (QED) is 0.813. The van der Waals surface area contributed by atoms with Gasteiger partial charge in [-0.15, -0.1) is 11.3 Å². The number of thiophene rings is 1. The highest BCUT2D eigenvalue weighted by Crippen LogP contribution is 2.29. The van der Waals surface area contributed by atoms with E-state index in [1.807, 2.05) is 0 Å². The highest BCUT2D eigenvalue weighted by Gasteiger charge is 2.18. The maximum atomic E-state index is 6.13. The molecule has 76 valence electrons. The van der Waals surface area contributed by atoms with Crippen molar-refractivity contribution in [3.8, 4) is 0 Å². The van der Waals surface area contributed by atoms with Gasteiger partial charge < -0.3 is 10.5 Å². The summed E-state index contributed by atoms with van der Waals surface area (Å²) in [5, 5.41) is 2.08. The lowest BCUT2D eigenvalue weighted by molar-refractivity contribution is 0.176. The van der Waals surface area contributed by atoms with Gasteiger partial charge in [0.15, 0.2) is 0 Å². The summed E-state index contributed by atoms with van der Waals surface area (Å²) >= 11 is 1.71. The second-order valence-corrected chi connectivity index (χ2v) is 4.49. The number of rotatable bonds is 2. The molecule has 0 aromatic carbocycles. The van der Waals surface area contributed by atoms with Crippen molar-refractivity contribution in [2.45, 2.75) is 25.8 Å². The Labute approximate surface area is 88.4 Å². The fourth-order valence-corrected chi connectivity index (χ4v) is 2.56. The molecular weight excluding hydrogens is 194 g/mol. The molecule has 2 N–H and O–H groups in total. The van der Waals surface area contributed by atoms with Crippen LogP contribution in [0.2, 0.25) is 0 Å². The predicted octanol–water partition coefficient (Wildman–Crippen LogP) is 2.75. The average molecular weight is 209 g/mol. The van der Waals surface area contributed by atoms with Crippen molar-refractivity contribution >= 4 is 11.3 Å². The Balaban J connectivity index is 2.19. The Morgan fingerprint density at radius 3 is 3.00 bits per heavy atom. The van der Waals surface area contributed by atoms with Gasteiger partial charge in [-0.05, 0) is 42.9 Å². The summed E-state index contributed by atoms with van der Waals surface area (Å²) in [6.07, 6.45) is 4.32. The fourth-order valence-electron chi connectivity index (χ4n) is 1.63. The molecule has 2 heterocycles. The minimum atomic E-state index is -0.0599. The normalized spacial score (nSPS) is 18.6. The van der Waals surface area contributed by atoms with Crippen LogP contribution in [-0.4, -0.2) is 6.61 Å². The van der Waals surface area contributed by atoms with E-state index in [-0.39, 0.29) is 6.04 Å². The molecule has 3 heteroatoms. The van der Waals surface area contributed by atoms with E-state index in [0.29, 0.717) is 0 Å². The summed E-state index contributed by atoms with van der Waals surface area (Å²) in [5.74, 6) is 0.946. The molecule has 0 saturated heterocycles. The molecule has 0 saturated carbocycles. The maximum absolute atomic E-state index is 6.13. The largest absolute Gasteiger partial charge is 0.496 e. The van der Waals surface area contributed by atoms with Gasteiger partial charge >= 0.3 is 0 Å². The molecule has 1 aliphatic rings. The first kappa shape index (κ1) is 9.74. The number of aryl methyl sites for hydroxylation is 1. The van der Waals surface area contributed by atoms with E-state index in [0.717, 1.165) is 25.2 Å². The molecule has 0 fully saturated rings. The van der Waals surface area contributed by atoms with Gasteiger partial charge in [0.2, 0.25) is 0 Å². The van der Waals surface area contributed by atoms with Gasteiger partial charge in [0.05, 0.1) is 12.6 Å². The van der Waals surface area contributed by atoms with E-state index in [4.69, 9.17) is 10.5 Å². The molecule has 1 atom stereocenters. The van der Waals surface area contributed by atoms with Crippen molar-refractivity contribution < 1.29 is 4.74 Å². The van der Waals surface area contributed by atoms with Crippen LogP contribution in [0.3, 0.4) is 0 Å². The van der Waals surface area contributed by atoms with Crippen LogP contribution in [0.15, 0.2) is 23.3 Å². The van der Waals surface area contributed by atoms with Crippen molar-refractivity contribution in [2.75, 3.05) is 6.61 Å². The zero-order valence-corrected chi connectivity index (χ0v) is 9.14. The molecule has 0 aliphatic carbocycles.